The van der Waals surface area contributed by atoms with Gasteiger partial charge in [-0.25, -0.2) is 0 Å². The maximum Gasteiger partial charge on any atom is 0.265 e. The Bertz CT molecular complexity index is 1020. The first-order valence-corrected chi connectivity index (χ1v) is 8.57. The lowest BCUT2D eigenvalue weighted by molar-refractivity contribution is -0.398. The monoisotopic (exact) mass is 384 g/mol. The minimum absolute atomic E-state index is 0.00162. The number of allylic oxidation sites excluding steroid dienone is 1. The number of fused-ring (bicyclic) bond motifs is 1. The van der Waals surface area contributed by atoms with Crippen LogP contribution in [0.2, 0.25) is 0 Å². The van der Waals surface area contributed by atoms with Gasteiger partial charge >= 0.3 is 0 Å². The first kappa shape index (κ1) is 19.0. The van der Waals surface area contributed by atoms with Crippen molar-refractivity contribution in [1.29, 1.82) is 5.26 Å². The number of nitro benzene ring substituents is 1. The first-order chi connectivity index (χ1) is 13.3. The second-order valence-corrected chi connectivity index (χ2v) is 6.49. The molecule has 0 amide bonds. The Morgan fingerprint density at radius 3 is 2.79 bits per heavy atom. The van der Waals surface area contributed by atoms with Gasteiger partial charge in [0.05, 0.1) is 23.0 Å². The fourth-order valence-corrected chi connectivity index (χ4v) is 3.22. The molecule has 0 aliphatic carbocycles. The molecular weight excluding hydrogens is 366 g/mol. The van der Waals surface area contributed by atoms with Gasteiger partial charge in [0.15, 0.2) is 0 Å². The molecule has 0 radical (unpaired) electrons. The van der Waals surface area contributed by atoms with Gasteiger partial charge in [-0.3, -0.25) is 15.2 Å². The zero-order chi connectivity index (χ0) is 20.6. The molecule has 10 nitrogen and oxygen atoms in total. The normalized spacial score (nSPS) is 15.8. The van der Waals surface area contributed by atoms with Crippen molar-refractivity contribution >= 4 is 5.69 Å². The highest BCUT2D eigenvalue weighted by atomic mass is 16.6. The molecule has 0 saturated carbocycles. The van der Waals surface area contributed by atoms with E-state index in [4.69, 9.17) is 15.2 Å². The van der Waals surface area contributed by atoms with Crippen molar-refractivity contribution in [3.05, 3.63) is 50.5 Å². The zero-order valence-electron chi connectivity index (χ0n) is 15.5. The Morgan fingerprint density at radius 1 is 1.50 bits per heavy atom. The predicted octanol–water partition coefficient (Wildman–Crippen LogP) is 2.13. The van der Waals surface area contributed by atoms with Gasteiger partial charge in [0, 0.05) is 17.5 Å². The number of nitrogens with two attached hydrogens (primary N) is 1. The third-order valence-corrected chi connectivity index (χ3v) is 4.43. The van der Waals surface area contributed by atoms with Gasteiger partial charge in [0.1, 0.15) is 17.4 Å². The quantitative estimate of drug-likeness (QED) is 0.584. The molecule has 146 valence electrons. The SMILES string of the molecule is CCOc1cc([C@H]2C(C#N)=C(N)Oc3n[nH]c(C(C)C)c32)cc([N+](=O)[O-])c1[O-]. The van der Waals surface area contributed by atoms with E-state index in [1.807, 2.05) is 19.9 Å². The number of benzene rings is 1. The van der Waals surface area contributed by atoms with Crippen molar-refractivity contribution in [2.24, 2.45) is 5.73 Å². The summed E-state index contributed by atoms with van der Waals surface area (Å²) < 4.78 is 10.8. The van der Waals surface area contributed by atoms with Gasteiger partial charge in [-0.05, 0) is 24.5 Å². The number of H-pyrrole nitrogens is 1. The molecule has 1 aromatic carbocycles. The number of hydrogen-bond acceptors (Lipinski definition) is 8. The summed E-state index contributed by atoms with van der Waals surface area (Å²) in [7, 11) is 0. The van der Waals surface area contributed by atoms with Crippen LogP contribution in [0.15, 0.2) is 23.6 Å². The molecule has 0 saturated heterocycles. The van der Waals surface area contributed by atoms with Gasteiger partial charge in [-0.15, -0.1) is 5.10 Å². The summed E-state index contributed by atoms with van der Waals surface area (Å²) >= 11 is 0. The van der Waals surface area contributed by atoms with Crippen LogP contribution in [0.1, 0.15) is 49.4 Å². The summed E-state index contributed by atoms with van der Waals surface area (Å²) in [6, 6.07) is 4.56. The number of nitrogens with one attached hydrogen (secondary N) is 1. The van der Waals surface area contributed by atoms with Crippen LogP contribution in [0.4, 0.5) is 5.69 Å². The average Bonchev–Trinajstić information content (AvgIpc) is 3.05. The third kappa shape index (κ3) is 2.96. The minimum atomic E-state index is -0.824. The van der Waals surface area contributed by atoms with Gasteiger partial charge in [0.25, 0.3) is 5.69 Å². The number of nitro groups is 1. The van der Waals surface area contributed by atoms with Crippen LogP contribution in [0.25, 0.3) is 0 Å². The number of nitriles is 1. The molecule has 0 fully saturated rings. The lowest BCUT2D eigenvalue weighted by Gasteiger charge is -2.26. The number of hydrogen-bond donors (Lipinski definition) is 2. The summed E-state index contributed by atoms with van der Waals surface area (Å²) in [5.74, 6) is -1.73. The Labute approximate surface area is 160 Å². The standard InChI is InChI=1S/C18H19N5O5/c1-4-27-12-6-9(5-11(16(12)24)23(25)26)13-10(7-19)17(20)28-18-14(13)15(8(2)3)21-22-18/h5-6,8,13,24H,4,20H2,1-3H3,(H,21,22)/p-1/t13-/m0/s1. The van der Waals surface area contributed by atoms with Crippen molar-refractivity contribution in [3.8, 4) is 23.4 Å². The lowest BCUT2D eigenvalue weighted by Crippen LogP contribution is -2.21. The Kier molecular flexibility index (Phi) is 4.83. The van der Waals surface area contributed by atoms with E-state index >= 15 is 0 Å². The highest BCUT2D eigenvalue weighted by molar-refractivity contribution is 5.62. The second kappa shape index (κ2) is 7.11. The van der Waals surface area contributed by atoms with E-state index in [1.54, 1.807) is 6.92 Å². The Morgan fingerprint density at radius 2 is 2.21 bits per heavy atom. The van der Waals surface area contributed by atoms with Crippen molar-refractivity contribution in [2.45, 2.75) is 32.6 Å². The number of nitrogens with zero attached hydrogens (tertiary/aromatic N) is 3. The smallest absolute Gasteiger partial charge is 0.265 e. The molecule has 1 aliphatic rings. The molecule has 10 heteroatoms. The minimum Gasteiger partial charge on any atom is -0.865 e. The highest BCUT2D eigenvalue weighted by Crippen LogP contribution is 2.47. The third-order valence-electron chi connectivity index (χ3n) is 4.43. The first-order valence-electron chi connectivity index (χ1n) is 8.57. The fourth-order valence-electron chi connectivity index (χ4n) is 3.22. The van der Waals surface area contributed by atoms with E-state index < -0.39 is 22.3 Å². The maximum absolute atomic E-state index is 12.3. The van der Waals surface area contributed by atoms with E-state index in [2.05, 4.69) is 10.2 Å². The van der Waals surface area contributed by atoms with Crippen molar-refractivity contribution in [3.63, 3.8) is 0 Å². The largest absolute Gasteiger partial charge is 0.865 e. The van der Waals surface area contributed by atoms with E-state index in [1.165, 1.54) is 6.07 Å². The molecule has 1 aromatic heterocycles. The van der Waals surface area contributed by atoms with E-state index in [0.717, 1.165) is 6.07 Å². The highest BCUT2D eigenvalue weighted by Gasteiger charge is 2.37. The summed E-state index contributed by atoms with van der Waals surface area (Å²) in [5, 5.41) is 40.4. The van der Waals surface area contributed by atoms with Crippen LogP contribution in [0, 0.1) is 21.4 Å². The molecule has 1 atom stereocenters. The molecular formula is C18H18N5O5-. The van der Waals surface area contributed by atoms with E-state index in [9.17, 15) is 20.5 Å². The second-order valence-electron chi connectivity index (χ2n) is 6.49. The summed E-state index contributed by atoms with van der Waals surface area (Å²) in [5.41, 5.74) is 6.91. The van der Waals surface area contributed by atoms with Gasteiger partial charge in [-0.1, -0.05) is 13.8 Å². The molecule has 3 rings (SSSR count). The summed E-state index contributed by atoms with van der Waals surface area (Å²) in [6.45, 7) is 5.66. The van der Waals surface area contributed by atoms with Crippen molar-refractivity contribution < 1.29 is 19.5 Å². The zero-order valence-corrected chi connectivity index (χ0v) is 15.5. The molecule has 0 bridgehead atoms. The van der Waals surface area contributed by atoms with Crippen LogP contribution in [0.5, 0.6) is 17.4 Å². The fraction of sp³-hybridized carbons (Fsp3) is 0.333. The number of aromatic nitrogens is 2. The molecule has 2 heterocycles. The van der Waals surface area contributed by atoms with E-state index in [0.29, 0.717) is 16.8 Å². The number of rotatable bonds is 5. The molecule has 1 aliphatic heterocycles. The predicted molar refractivity (Wildman–Crippen MR) is 95.7 cm³/mol. The van der Waals surface area contributed by atoms with Gasteiger partial charge in [-0.2, -0.15) is 5.26 Å². The Hall–Kier alpha value is -3.74. The topological polar surface area (TPSA) is 163 Å². The van der Waals surface area contributed by atoms with Crippen molar-refractivity contribution in [2.75, 3.05) is 6.61 Å². The molecule has 0 spiro atoms. The molecule has 0 unspecified atom stereocenters. The Balaban J connectivity index is 2.32. The van der Waals surface area contributed by atoms with Crippen molar-refractivity contribution in [1.82, 2.24) is 10.2 Å². The van der Waals surface area contributed by atoms with Gasteiger partial charge < -0.3 is 20.3 Å². The van der Waals surface area contributed by atoms with Crippen LogP contribution in [0.3, 0.4) is 0 Å². The summed E-state index contributed by atoms with van der Waals surface area (Å²) in [6.07, 6.45) is 0. The number of aromatic amines is 1. The average molecular weight is 384 g/mol. The number of ether oxygens (including phenoxy) is 2. The van der Waals surface area contributed by atoms with Gasteiger partial charge in [0.2, 0.25) is 11.8 Å². The molecule has 2 aromatic rings. The van der Waals surface area contributed by atoms with Crippen LogP contribution >= 0.6 is 0 Å². The van der Waals surface area contributed by atoms with Crippen LogP contribution in [-0.2, 0) is 0 Å². The van der Waals surface area contributed by atoms with Crippen LogP contribution < -0.4 is 20.3 Å². The molecule has 28 heavy (non-hydrogen) atoms. The molecule has 3 N–H and O–H groups in total. The maximum atomic E-state index is 12.3. The van der Waals surface area contributed by atoms with E-state index in [-0.39, 0.29) is 35.6 Å². The van der Waals surface area contributed by atoms with Crippen LogP contribution in [-0.4, -0.2) is 21.7 Å². The lowest BCUT2D eigenvalue weighted by atomic mass is 9.82. The summed E-state index contributed by atoms with van der Waals surface area (Å²) in [4.78, 5) is 10.6.